The van der Waals surface area contributed by atoms with Crippen LogP contribution in [-0.4, -0.2) is 43.8 Å². The van der Waals surface area contributed by atoms with Crippen molar-refractivity contribution >= 4 is 0 Å². The SMILES string of the molecule is O.O.O.O.O.O.O.O.[Fe].[Fe].[Fe].[Fe].[Fe]. The normalized spacial score (nSPS) is 0. The van der Waals surface area contributed by atoms with E-state index in [4.69, 9.17) is 0 Å². The minimum Gasteiger partial charge on any atom is -0.412 e. The van der Waals surface area contributed by atoms with Crippen LogP contribution in [0.1, 0.15) is 0 Å². The van der Waals surface area contributed by atoms with Gasteiger partial charge in [-0.15, -0.1) is 0 Å². The van der Waals surface area contributed by atoms with E-state index in [1.54, 1.807) is 0 Å². The summed E-state index contributed by atoms with van der Waals surface area (Å²) in [6.07, 6.45) is 0. The van der Waals surface area contributed by atoms with E-state index in [-0.39, 0.29) is 129 Å². The molecule has 0 radical (unpaired) electrons. The summed E-state index contributed by atoms with van der Waals surface area (Å²) in [5.41, 5.74) is 0. The molecule has 0 aliphatic rings. The van der Waals surface area contributed by atoms with Gasteiger partial charge in [0.15, 0.2) is 0 Å². The summed E-state index contributed by atoms with van der Waals surface area (Å²) in [5, 5.41) is 0. The molecule has 13 heavy (non-hydrogen) atoms. The second-order valence-corrected chi connectivity index (χ2v) is 0. The Morgan fingerprint density at radius 1 is 0.154 bits per heavy atom. The quantitative estimate of drug-likeness (QED) is 0.329. The van der Waals surface area contributed by atoms with Crippen molar-refractivity contribution in [3.05, 3.63) is 0 Å². The average molecular weight is 423 g/mol. The number of hydrogen-bond acceptors (Lipinski definition) is 0. The largest absolute Gasteiger partial charge is 0.412 e. The molecule has 0 rings (SSSR count). The molecule has 0 aliphatic heterocycles. The van der Waals surface area contributed by atoms with Crippen LogP contribution in [0.5, 0.6) is 0 Å². The van der Waals surface area contributed by atoms with Crippen molar-refractivity contribution in [2.24, 2.45) is 0 Å². The Morgan fingerprint density at radius 2 is 0.154 bits per heavy atom. The van der Waals surface area contributed by atoms with Gasteiger partial charge in [-0.05, 0) is 0 Å². The Balaban J connectivity index is 0. The second-order valence-electron chi connectivity index (χ2n) is 0. The molecule has 0 aromatic heterocycles. The van der Waals surface area contributed by atoms with Gasteiger partial charge in [-0.2, -0.15) is 0 Å². The van der Waals surface area contributed by atoms with Gasteiger partial charge in [0.25, 0.3) is 0 Å². The minimum atomic E-state index is 0. The first kappa shape index (κ1) is 600. The van der Waals surface area contributed by atoms with E-state index in [2.05, 4.69) is 0 Å². The Hall–Kier alpha value is 2.28. The van der Waals surface area contributed by atoms with Crippen LogP contribution >= 0.6 is 0 Å². The maximum Gasteiger partial charge on any atom is 0 e. The van der Waals surface area contributed by atoms with E-state index >= 15 is 0 Å². The average Bonchev–Trinajstić information content (AvgIpc) is 0. The van der Waals surface area contributed by atoms with Crippen molar-refractivity contribution in [1.82, 2.24) is 0 Å². The van der Waals surface area contributed by atoms with E-state index < -0.39 is 0 Å². The van der Waals surface area contributed by atoms with Crippen LogP contribution in [0.3, 0.4) is 0 Å². The first-order valence-corrected chi connectivity index (χ1v) is 0. The molecule has 0 spiro atoms. The molecule has 104 valence electrons. The summed E-state index contributed by atoms with van der Waals surface area (Å²) in [7, 11) is 0. The van der Waals surface area contributed by atoms with Crippen LogP contribution in [0.15, 0.2) is 0 Å². The molecule has 8 nitrogen and oxygen atoms in total. The number of hydrogen-bond donors (Lipinski definition) is 0. The van der Waals surface area contributed by atoms with Crippen LogP contribution in [0.25, 0.3) is 0 Å². The zero-order valence-corrected chi connectivity index (χ0v) is 11.3. The van der Waals surface area contributed by atoms with Crippen molar-refractivity contribution in [2.45, 2.75) is 0 Å². The smallest absolute Gasteiger partial charge is 0 e. The third-order valence-electron chi connectivity index (χ3n) is 0. The first-order chi connectivity index (χ1) is 0. The summed E-state index contributed by atoms with van der Waals surface area (Å²) < 4.78 is 0. The molecular weight excluding hydrogens is 407 g/mol. The van der Waals surface area contributed by atoms with Crippen molar-refractivity contribution in [3.63, 3.8) is 0 Å². The monoisotopic (exact) mass is 424 g/mol. The number of rotatable bonds is 0. The molecule has 13 heteroatoms. The topological polar surface area (TPSA) is 252 Å². The summed E-state index contributed by atoms with van der Waals surface area (Å²) >= 11 is 0. The summed E-state index contributed by atoms with van der Waals surface area (Å²) in [6, 6.07) is 0. The van der Waals surface area contributed by atoms with Gasteiger partial charge < -0.3 is 43.8 Å². The Labute approximate surface area is 128 Å². The first-order valence-electron chi connectivity index (χ1n) is 0. The molecule has 0 fully saturated rings. The van der Waals surface area contributed by atoms with Gasteiger partial charge in [-0.25, -0.2) is 0 Å². The maximum absolute atomic E-state index is 0. The Bertz CT molecular complexity index is 12.5. The van der Waals surface area contributed by atoms with E-state index in [0.717, 1.165) is 0 Å². The fraction of sp³-hybridized carbons (Fsp3) is 0. The van der Waals surface area contributed by atoms with Gasteiger partial charge in [-0.3, -0.25) is 0 Å². The molecule has 16 N–H and O–H groups in total. The van der Waals surface area contributed by atoms with E-state index in [1.165, 1.54) is 0 Å². The van der Waals surface area contributed by atoms with Gasteiger partial charge in [0.2, 0.25) is 0 Å². The predicted octanol–water partition coefficient (Wildman–Crippen LogP) is -6.61. The predicted molar refractivity (Wildman–Crippen MR) is 28.9 cm³/mol. The molecule has 0 bridgehead atoms. The van der Waals surface area contributed by atoms with Crippen molar-refractivity contribution in [1.29, 1.82) is 0 Å². The van der Waals surface area contributed by atoms with Crippen molar-refractivity contribution < 1.29 is 129 Å². The Kier molecular flexibility index (Phi) is 22400. The van der Waals surface area contributed by atoms with Gasteiger partial charge >= 0.3 is 0 Å². The summed E-state index contributed by atoms with van der Waals surface area (Å²) in [6.45, 7) is 0. The van der Waals surface area contributed by atoms with E-state index in [0.29, 0.717) is 0 Å². The third-order valence-corrected chi connectivity index (χ3v) is 0. The molecule has 0 amide bonds. The van der Waals surface area contributed by atoms with Gasteiger partial charge in [0.1, 0.15) is 0 Å². The summed E-state index contributed by atoms with van der Waals surface area (Å²) in [5.74, 6) is 0. The Morgan fingerprint density at radius 3 is 0.154 bits per heavy atom. The fourth-order valence-corrected chi connectivity index (χ4v) is 0. The van der Waals surface area contributed by atoms with Crippen LogP contribution in [0, 0.1) is 0 Å². The molecule has 0 aliphatic carbocycles. The molecule has 0 heterocycles. The molecule has 0 saturated heterocycles. The van der Waals surface area contributed by atoms with E-state index in [1.807, 2.05) is 0 Å². The zero-order valence-electron chi connectivity index (χ0n) is 5.77. The molecule has 0 aromatic rings. The van der Waals surface area contributed by atoms with Gasteiger partial charge in [-0.1, -0.05) is 0 Å². The van der Waals surface area contributed by atoms with Gasteiger partial charge in [0.05, 0.1) is 0 Å². The second kappa shape index (κ2) is 485. The fourth-order valence-electron chi connectivity index (χ4n) is 0. The molecule has 0 aromatic carbocycles. The molecule has 0 atom stereocenters. The molecule has 0 unspecified atom stereocenters. The van der Waals surface area contributed by atoms with Crippen LogP contribution in [0.4, 0.5) is 0 Å². The summed E-state index contributed by atoms with van der Waals surface area (Å²) in [4.78, 5) is 0. The zero-order chi connectivity index (χ0) is 0. The van der Waals surface area contributed by atoms with Crippen LogP contribution in [-0.2, 0) is 85.3 Å². The minimum absolute atomic E-state index is 0. The van der Waals surface area contributed by atoms with Crippen LogP contribution < -0.4 is 0 Å². The van der Waals surface area contributed by atoms with Crippen molar-refractivity contribution in [2.75, 3.05) is 0 Å². The third kappa shape index (κ3) is 415. The van der Waals surface area contributed by atoms with Crippen LogP contribution in [0.2, 0.25) is 0 Å². The van der Waals surface area contributed by atoms with Gasteiger partial charge in [0, 0.05) is 85.3 Å². The standard InChI is InChI=1S/5Fe.8H2O/h;;;;;8*1H2. The molecule has 0 saturated carbocycles. The van der Waals surface area contributed by atoms with E-state index in [9.17, 15) is 0 Å². The van der Waals surface area contributed by atoms with Crippen molar-refractivity contribution in [3.8, 4) is 0 Å². The maximum atomic E-state index is 0. The molecular formula is H16Fe5O8.